The Morgan fingerprint density at radius 2 is 1.80 bits per heavy atom. The quantitative estimate of drug-likeness (QED) is 0.195. The Bertz CT molecular complexity index is 1710. The zero-order valence-corrected chi connectivity index (χ0v) is 24.5. The molecule has 0 saturated heterocycles. The van der Waals surface area contributed by atoms with E-state index in [-0.39, 0.29) is 32.9 Å². The zero-order valence-electron chi connectivity index (χ0n) is 22.9. The molecule has 1 aliphatic carbocycles. The predicted octanol–water partition coefficient (Wildman–Crippen LogP) is 6.10. The minimum Gasteiger partial charge on any atom is -0.506 e. The number of rotatable bonds is 6. The van der Waals surface area contributed by atoms with Gasteiger partial charge < -0.3 is 20.8 Å². The molecule has 1 saturated carbocycles. The van der Waals surface area contributed by atoms with Crippen LogP contribution in [0, 0.1) is 5.41 Å². The van der Waals surface area contributed by atoms with Gasteiger partial charge in [0.05, 0.1) is 11.1 Å². The lowest BCUT2D eigenvalue weighted by molar-refractivity contribution is 0.0804. The SMILES string of the molecule is CC(C)(C)C1(NC(=O)O)CCC(Nc2cc(-c3cn(S(=O)(=O)c4ccccc4)c4ncc(O)cc34)cc(Cl)n2)CC1. The average Bonchev–Trinajstić information content (AvgIpc) is 3.29. The Morgan fingerprint density at radius 3 is 2.44 bits per heavy atom. The maximum absolute atomic E-state index is 13.5. The second-order valence-corrected chi connectivity index (χ2v) is 13.7. The van der Waals surface area contributed by atoms with Gasteiger partial charge in [-0.05, 0) is 67.0 Å². The molecule has 0 spiro atoms. The van der Waals surface area contributed by atoms with E-state index < -0.39 is 21.7 Å². The first-order chi connectivity index (χ1) is 19.3. The van der Waals surface area contributed by atoms with Gasteiger partial charge in [0.1, 0.15) is 16.7 Å². The van der Waals surface area contributed by atoms with E-state index in [0.717, 1.165) is 3.97 Å². The van der Waals surface area contributed by atoms with Gasteiger partial charge in [0.2, 0.25) is 0 Å². The molecule has 0 atom stereocenters. The third kappa shape index (κ3) is 5.56. The number of halogens is 1. The minimum absolute atomic E-state index is 0.0328. The molecule has 0 bridgehead atoms. The highest BCUT2D eigenvalue weighted by molar-refractivity contribution is 7.90. The maximum atomic E-state index is 13.5. The summed E-state index contributed by atoms with van der Waals surface area (Å²) in [6, 6.07) is 13.0. The number of fused-ring (bicyclic) bond motifs is 1. The second-order valence-electron chi connectivity index (χ2n) is 11.5. The third-order valence-electron chi connectivity index (χ3n) is 7.98. The number of nitrogens with zero attached hydrogens (tertiary/aromatic N) is 3. The van der Waals surface area contributed by atoms with Crippen LogP contribution in [-0.2, 0) is 10.0 Å². The number of benzene rings is 1. The summed E-state index contributed by atoms with van der Waals surface area (Å²) in [6.45, 7) is 6.13. The number of hydrogen-bond acceptors (Lipinski definition) is 7. The predicted molar refractivity (Wildman–Crippen MR) is 158 cm³/mol. The van der Waals surface area contributed by atoms with Crippen molar-refractivity contribution in [1.29, 1.82) is 0 Å². The number of hydrogen-bond donors (Lipinski definition) is 4. The molecule has 1 aromatic carbocycles. The lowest BCUT2D eigenvalue weighted by Crippen LogP contribution is -2.59. The number of pyridine rings is 2. The van der Waals surface area contributed by atoms with Crippen LogP contribution < -0.4 is 10.6 Å². The molecule has 1 amide bonds. The van der Waals surface area contributed by atoms with Crippen molar-refractivity contribution in [3.63, 3.8) is 0 Å². The summed E-state index contributed by atoms with van der Waals surface area (Å²) in [4.78, 5) is 20.3. The molecule has 10 nitrogen and oxygen atoms in total. The highest BCUT2D eigenvalue weighted by Gasteiger charge is 2.45. The van der Waals surface area contributed by atoms with Crippen molar-refractivity contribution in [1.82, 2.24) is 19.3 Å². The first-order valence-electron chi connectivity index (χ1n) is 13.3. The largest absolute Gasteiger partial charge is 0.506 e. The van der Waals surface area contributed by atoms with Gasteiger partial charge in [0, 0.05) is 28.7 Å². The molecule has 4 N–H and O–H groups in total. The zero-order chi connectivity index (χ0) is 29.6. The van der Waals surface area contributed by atoms with Crippen LogP contribution in [0.15, 0.2) is 65.8 Å². The summed E-state index contributed by atoms with van der Waals surface area (Å²) in [5, 5.41) is 26.5. The number of nitrogens with one attached hydrogen (secondary N) is 2. The van der Waals surface area contributed by atoms with Crippen LogP contribution in [0.25, 0.3) is 22.2 Å². The number of aromatic nitrogens is 3. The fraction of sp³-hybridized carbons (Fsp3) is 0.345. The Balaban J connectivity index is 1.48. The van der Waals surface area contributed by atoms with Crippen molar-refractivity contribution >= 4 is 44.6 Å². The fourth-order valence-corrected chi connectivity index (χ4v) is 7.20. The van der Waals surface area contributed by atoms with Crippen LogP contribution in [0.2, 0.25) is 5.15 Å². The number of carboxylic acid groups (broad SMARTS) is 1. The lowest BCUT2D eigenvalue weighted by atomic mass is 9.64. The highest BCUT2D eigenvalue weighted by Crippen LogP contribution is 2.43. The molecule has 1 fully saturated rings. The molecule has 4 aromatic rings. The Morgan fingerprint density at radius 1 is 1.12 bits per heavy atom. The van der Waals surface area contributed by atoms with Gasteiger partial charge in [-0.2, -0.15) is 0 Å². The molecule has 41 heavy (non-hydrogen) atoms. The van der Waals surface area contributed by atoms with E-state index in [0.29, 0.717) is 48.0 Å². The van der Waals surface area contributed by atoms with Gasteiger partial charge in [-0.1, -0.05) is 50.6 Å². The second kappa shape index (κ2) is 10.5. The molecule has 3 aromatic heterocycles. The number of amides is 1. The van der Waals surface area contributed by atoms with Crippen LogP contribution in [0.1, 0.15) is 46.5 Å². The standard InChI is InChI=1S/C29H32ClN5O5S/c1-28(2,3)29(34-27(37)38)11-9-19(10-12-29)32-25-14-18(13-24(30)33-25)23-17-35(26-22(23)15-20(36)16-31-26)41(39,40)21-7-5-4-6-8-21/h4-8,13-17,19,34,36H,9-12H2,1-3H3,(H,32,33)(H,37,38). The van der Waals surface area contributed by atoms with Crippen molar-refractivity contribution in [3.8, 4) is 16.9 Å². The van der Waals surface area contributed by atoms with Gasteiger partial charge in [-0.25, -0.2) is 27.2 Å². The maximum Gasteiger partial charge on any atom is 0.405 e. The molecule has 3 heterocycles. The molecule has 216 valence electrons. The highest BCUT2D eigenvalue weighted by atomic mass is 35.5. The van der Waals surface area contributed by atoms with Gasteiger partial charge in [-0.3, -0.25) is 0 Å². The van der Waals surface area contributed by atoms with Crippen molar-refractivity contribution in [2.24, 2.45) is 5.41 Å². The lowest BCUT2D eigenvalue weighted by Gasteiger charge is -2.49. The van der Waals surface area contributed by atoms with E-state index in [1.165, 1.54) is 30.6 Å². The summed E-state index contributed by atoms with van der Waals surface area (Å²) in [5.74, 6) is 0.401. The molecule has 1 aliphatic rings. The third-order valence-corrected chi connectivity index (χ3v) is 9.83. The summed E-state index contributed by atoms with van der Waals surface area (Å²) in [5.41, 5.74) is 0.480. The first kappa shape index (κ1) is 28.7. The van der Waals surface area contributed by atoms with Crippen LogP contribution in [-0.4, -0.2) is 50.2 Å². The van der Waals surface area contributed by atoms with Crippen molar-refractivity contribution < 1.29 is 23.4 Å². The molecule has 5 rings (SSSR count). The Hall–Kier alpha value is -3.83. The van der Waals surface area contributed by atoms with Crippen LogP contribution in [0.4, 0.5) is 10.6 Å². The van der Waals surface area contributed by atoms with Crippen LogP contribution in [0.5, 0.6) is 5.75 Å². The summed E-state index contributed by atoms with van der Waals surface area (Å²) >= 11 is 6.44. The minimum atomic E-state index is -3.98. The first-order valence-corrected chi connectivity index (χ1v) is 15.1. The van der Waals surface area contributed by atoms with Gasteiger partial charge in [0.25, 0.3) is 10.0 Å². The molecule has 0 aliphatic heterocycles. The van der Waals surface area contributed by atoms with E-state index in [9.17, 15) is 23.4 Å². The fourth-order valence-electron chi connectivity index (χ4n) is 5.65. The monoisotopic (exact) mass is 597 g/mol. The average molecular weight is 598 g/mol. The van der Waals surface area contributed by atoms with Crippen molar-refractivity contribution in [2.45, 2.75) is 62.9 Å². The normalized spacial score (nSPS) is 19.7. The molecule has 0 unspecified atom stereocenters. The number of carbonyl (C=O) groups is 1. The van der Waals surface area contributed by atoms with Gasteiger partial charge >= 0.3 is 6.09 Å². The summed E-state index contributed by atoms with van der Waals surface area (Å²) < 4.78 is 28.2. The van der Waals surface area contributed by atoms with Gasteiger partial charge in [-0.15, -0.1) is 0 Å². The number of anilines is 1. The summed E-state index contributed by atoms with van der Waals surface area (Å²) in [7, 11) is -3.98. The molecule has 0 radical (unpaired) electrons. The molecule has 12 heteroatoms. The summed E-state index contributed by atoms with van der Waals surface area (Å²) in [6.07, 6.45) is 4.40. The number of aromatic hydroxyl groups is 1. The van der Waals surface area contributed by atoms with E-state index in [1.807, 2.05) is 20.8 Å². The Labute approximate surface area is 243 Å². The van der Waals surface area contributed by atoms with E-state index in [2.05, 4.69) is 20.6 Å². The van der Waals surface area contributed by atoms with E-state index in [4.69, 9.17) is 11.6 Å². The van der Waals surface area contributed by atoms with E-state index >= 15 is 0 Å². The smallest absolute Gasteiger partial charge is 0.405 e. The van der Waals surface area contributed by atoms with Crippen molar-refractivity contribution in [3.05, 3.63) is 66.1 Å². The molecular formula is C29H32ClN5O5S. The van der Waals surface area contributed by atoms with Crippen molar-refractivity contribution in [2.75, 3.05) is 5.32 Å². The Kier molecular flexibility index (Phi) is 7.37. The molecular weight excluding hydrogens is 566 g/mol. The van der Waals surface area contributed by atoms with Crippen LogP contribution >= 0.6 is 11.6 Å². The topological polar surface area (TPSA) is 146 Å². The van der Waals surface area contributed by atoms with E-state index in [1.54, 1.807) is 30.3 Å². The van der Waals surface area contributed by atoms with Crippen LogP contribution in [0.3, 0.4) is 0 Å². The van der Waals surface area contributed by atoms with Gasteiger partial charge in [0.15, 0.2) is 5.65 Å².